The minimum absolute atomic E-state index is 0.0656. The van der Waals surface area contributed by atoms with Crippen molar-refractivity contribution in [2.45, 2.75) is 38.0 Å². The molecule has 0 N–H and O–H groups in total. The van der Waals surface area contributed by atoms with Gasteiger partial charge in [0.2, 0.25) is 0 Å². The van der Waals surface area contributed by atoms with Crippen molar-refractivity contribution in [3.8, 4) is 0 Å². The first-order valence-corrected chi connectivity index (χ1v) is 7.65. The van der Waals surface area contributed by atoms with Crippen molar-refractivity contribution in [2.75, 3.05) is 0 Å². The molecule has 2 aromatic rings. The first-order chi connectivity index (χ1) is 8.72. The molecule has 3 rings (SSSR count). The Bertz CT molecular complexity index is 523. The maximum Gasteiger partial charge on any atom is 0.0734 e. The maximum atomic E-state index is 6.52. The third kappa shape index (κ3) is 2.45. The molecule has 0 bridgehead atoms. The van der Waals surface area contributed by atoms with Crippen LogP contribution >= 0.6 is 22.9 Å². The van der Waals surface area contributed by atoms with Gasteiger partial charge in [0.05, 0.1) is 5.38 Å². The number of nitrogens with zero attached hydrogens (tertiary/aromatic N) is 1. The van der Waals surface area contributed by atoms with Gasteiger partial charge in [0.1, 0.15) is 0 Å². The molecule has 0 spiro atoms. The molecule has 0 amide bonds. The number of alkyl halides is 1. The van der Waals surface area contributed by atoms with Crippen LogP contribution in [0.15, 0.2) is 24.4 Å². The van der Waals surface area contributed by atoms with E-state index in [4.69, 9.17) is 11.6 Å². The Balaban J connectivity index is 1.74. The summed E-state index contributed by atoms with van der Waals surface area (Å²) in [6.07, 6.45) is 6.52. The molecule has 1 unspecified atom stereocenters. The zero-order chi connectivity index (χ0) is 12.5. The first-order valence-electron chi connectivity index (χ1n) is 6.39. The highest BCUT2D eigenvalue weighted by molar-refractivity contribution is 7.12. The Morgan fingerprint density at radius 1 is 1.39 bits per heavy atom. The molecule has 0 radical (unpaired) electrons. The molecule has 1 aliphatic carbocycles. The summed E-state index contributed by atoms with van der Waals surface area (Å²) in [5.41, 5.74) is 3.80. The van der Waals surface area contributed by atoms with Gasteiger partial charge in [-0.05, 0) is 49.4 Å². The Morgan fingerprint density at radius 2 is 2.28 bits per heavy atom. The standard InChI is InChI=1S/C15H16ClNS/c1-10-5-6-12(17-9-10)8-13(16)15-7-11-3-2-4-14(11)18-15/h5-7,9,13H,2-4,8H2,1H3. The average Bonchev–Trinajstić information content (AvgIpc) is 2.92. The number of fused-ring (bicyclic) bond motifs is 1. The molecule has 1 nitrogen and oxygen atoms in total. The van der Waals surface area contributed by atoms with Gasteiger partial charge >= 0.3 is 0 Å². The predicted molar refractivity (Wildman–Crippen MR) is 77.6 cm³/mol. The Hall–Kier alpha value is -0.860. The lowest BCUT2D eigenvalue weighted by atomic mass is 10.1. The molecule has 0 aromatic carbocycles. The van der Waals surface area contributed by atoms with Crippen LogP contribution in [0.4, 0.5) is 0 Å². The normalized spacial score (nSPS) is 15.7. The lowest BCUT2D eigenvalue weighted by molar-refractivity contribution is 0.885. The van der Waals surface area contributed by atoms with Gasteiger partial charge in [-0.15, -0.1) is 22.9 Å². The second kappa shape index (κ2) is 5.02. The van der Waals surface area contributed by atoms with E-state index in [-0.39, 0.29) is 5.38 Å². The zero-order valence-corrected chi connectivity index (χ0v) is 12.0. The molecule has 0 aliphatic heterocycles. The zero-order valence-electron chi connectivity index (χ0n) is 10.4. The van der Waals surface area contributed by atoms with Crippen LogP contribution in [-0.2, 0) is 19.3 Å². The number of thiophene rings is 1. The molecule has 94 valence electrons. The van der Waals surface area contributed by atoms with Gasteiger partial charge in [0.25, 0.3) is 0 Å². The first kappa shape index (κ1) is 12.2. The van der Waals surface area contributed by atoms with Gasteiger partial charge in [-0.2, -0.15) is 0 Å². The van der Waals surface area contributed by atoms with Crippen LogP contribution in [0.25, 0.3) is 0 Å². The van der Waals surface area contributed by atoms with Crippen molar-refractivity contribution < 1.29 is 0 Å². The summed E-state index contributed by atoms with van der Waals surface area (Å²) in [4.78, 5) is 7.28. The minimum Gasteiger partial charge on any atom is -0.261 e. The summed E-state index contributed by atoms with van der Waals surface area (Å²) < 4.78 is 0. The second-order valence-electron chi connectivity index (χ2n) is 4.95. The highest BCUT2D eigenvalue weighted by Crippen LogP contribution is 2.37. The van der Waals surface area contributed by atoms with E-state index >= 15 is 0 Å². The third-order valence-corrected chi connectivity index (χ3v) is 5.30. The third-order valence-electron chi connectivity index (χ3n) is 3.44. The average molecular weight is 278 g/mol. The van der Waals surface area contributed by atoms with Crippen molar-refractivity contribution in [1.29, 1.82) is 0 Å². The van der Waals surface area contributed by atoms with Crippen LogP contribution in [0.1, 0.15) is 38.4 Å². The fraction of sp³-hybridized carbons (Fsp3) is 0.400. The van der Waals surface area contributed by atoms with E-state index in [2.05, 4.69) is 30.1 Å². The van der Waals surface area contributed by atoms with Gasteiger partial charge in [-0.3, -0.25) is 4.98 Å². The molecule has 0 saturated heterocycles. The van der Waals surface area contributed by atoms with E-state index < -0.39 is 0 Å². The van der Waals surface area contributed by atoms with E-state index in [1.165, 1.54) is 35.3 Å². The van der Waals surface area contributed by atoms with Crippen LogP contribution in [0.2, 0.25) is 0 Å². The van der Waals surface area contributed by atoms with E-state index in [1.54, 1.807) is 4.88 Å². The monoisotopic (exact) mass is 277 g/mol. The van der Waals surface area contributed by atoms with Gasteiger partial charge in [-0.1, -0.05) is 6.07 Å². The number of aryl methyl sites for hydroxylation is 3. The van der Waals surface area contributed by atoms with Gasteiger partial charge in [0, 0.05) is 28.1 Å². The second-order valence-corrected chi connectivity index (χ2v) is 6.64. The number of rotatable bonds is 3. The lowest BCUT2D eigenvalue weighted by Crippen LogP contribution is -1.96. The van der Waals surface area contributed by atoms with Gasteiger partial charge in [0.15, 0.2) is 0 Å². The van der Waals surface area contributed by atoms with E-state index in [9.17, 15) is 0 Å². The topological polar surface area (TPSA) is 12.9 Å². The Kier molecular flexibility index (Phi) is 3.40. The fourth-order valence-electron chi connectivity index (χ4n) is 2.41. The molecular weight excluding hydrogens is 262 g/mol. The maximum absolute atomic E-state index is 6.52. The van der Waals surface area contributed by atoms with E-state index in [1.807, 2.05) is 17.5 Å². The van der Waals surface area contributed by atoms with Crippen LogP contribution in [-0.4, -0.2) is 4.98 Å². The van der Waals surface area contributed by atoms with Crippen molar-refractivity contribution in [3.63, 3.8) is 0 Å². The lowest BCUT2D eigenvalue weighted by Gasteiger charge is -2.07. The number of pyridine rings is 1. The molecule has 1 aliphatic rings. The van der Waals surface area contributed by atoms with E-state index in [0.717, 1.165) is 12.1 Å². The van der Waals surface area contributed by atoms with Crippen molar-refractivity contribution in [3.05, 3.63) is 51.0 Å². The van der Waals surface area contributed by atoms with Crippen molar-refractivity contribution in [1.82, 2.24) is 4.98 Å². The molecule has 0 saturated carbocycles. The molecule has 3 heteroatoms. The van der Waals surface area contributed by atoms with E-state index in [0.29, 0.717) is 0 Å². The molecule has 0 fully saturated rings. The summed E-state index contributed by atoms with van der Waals surface area (Å²) in [6.45, 7) is 2.05. The molecule has 1 atom stereocenters. The summed E-state index contributed by atoms with van der Waals surface area (Å²) in [5.74, 6) is 0. The highest BCUT2D eigenvalue weighted by atomic mass is 35.5. The SMILES string of the molecule is Cc1ccc(CC(Cl)c2cc3c(s2)CCC3)nc1. The largest absolute Gasteiger partial charge is 0.261 e. The van der Waals surface area contributed by atoms with Crippen LogP contribution in [0.5, 0.6) is 0 Å². The number of aromatic nitrogens is 1. The molecule has 18 heavy (non-hydrogen) atoms. The van der Waals surface area contributed by atoms with Gasteiger partial charge < -0.3 is 0 Å². The number of hydrogen-bond donors (Lipinski definition) is 0. The summed E-state index contributed by atoms with van der Waals surface area (Å²) >= 11 is 8.41. The van der Waals surface area contributed by atoms with Crippen molar-refractivity contribution in [2.24, 2.45) is 0 Å². The van der Waals surface area contributed by atoms with Crippen LogP contribution < -0.4 is 0 Å². The smallest absolute Gasteiger partial charge is 0.0734 e. The van der Waals surface area contributed by atoms with Gasteiger partial charge in [-0.25, -0.2) is 0 Å². The minimum atomic E-state index is 0.0656. The predicted octanol–water partition coefficient (Wildman–Crippen LogP) is 4.46. The fourth-order valence-corrected chi connectivity index (χ4v) is 4.00. The summed E-state index contributed by atoms with van der Waals surface area (Å²) in [7, 11) is 0. The highest BCUT2D eigenvalue weighted by Gasteiger charge is 2.19. The van der Waals surface area contributed by atoms with Crippen LogP contribution in [0.3, 0.4) is 0 Å². The van der Waals surface area contributed by atoms with Crippen LogP contribution in [0, 0.1) is 6.92 Å². The summed E-state index contributed by atoms with van der Waals surface area (Å²) in [5, 5.41) is 0.0656. The Morgan fingerprint density at radius 3 is 3.00 bits per heavy atom. The Labute approximate surface area is 117 Å². The van der Waals surface area contributed by atoms with Crippen molar-refractivity contribution >= 4 is 22.9 Å². The summed E-state index contributed by atoms with van der Waals surface area (Å²) in [6, 6.07) is 6.48. The quantitative estimate of drug-likeness (QED) is 0.755. The molecule has 2 heterocycles. The molecule has 2 aromatic heterocycles. The molecular formula is C15H16ClNS. The number of halogens is 1. The number of hydrogen-bond acceptors (Lipinski definition) is 2.